The number of ether oxygens (including phenoxy) is 1. The van der Waals surface area contributed by atoms with Crippen LogP contribution in [0, 0.1) is 0 Å². The van der Waals surface area contributed by atoms with Crippen molar-refractivity contribution in [1.82, 2.24) is 4.83 Å². The monoisotopic (exact) mass is 308 g/mol. The number of nitrogens with zero attached hydrogens (tertiary/aromatic N) is 1. The Morgan fingerprint density at radius 1 is 1.24 bits per heavy atom. The zero-order valence-electron chi connectivity index (χ0n) is 11.7. The van der Waals surface area contributed by atoms with Gasteiger partial charge in [0.15, 0.2) is 0 Å². The summed E-state index contributed by atoms with van der Waals surface area (Å²) in [6, 6.07) is 9.47. The minimum atomic E-state index is -3.70. The van der Waals surface area contributed by atoms with Crippen LogP contribution in [0.15, 0.2) is 57.1 Å². The molecule has 0 bridgehead atoms. The Labute approximate surface area is 123 Å². The zero-order chi connectivity index (χ0) is 15.3. The summed E-state index contributed by atoms with van der Waals surface area (Å²) in [5, 5.41) is 3.64. The van der Waals surface area contributed by atoms with E-state index in [1.807, 2.05) is 13.8 Å². The number of sulfonamides is 1. The molecule has 0 radical (unpaired) electrons. The lowest BCUT2D eigenvalue weighted by Gasteiger charge is -2.10. The normalized spacial score (nSPS) is 12.0. The fraction of sp³-hybridized carbons (Fsp3) is 0.214. The molecule has 6 nitrogen and oxygen atoms in total. The number of hydrogen-bond donors (Lipinski definition) is 1. The standard InChI is InChI=1S/C14H16N2O4S/c1-11(2)20-12-5-7-14(8-6-12)21(17,18)16-15-10-13-4-3-9-19-13/h3-11,16H,1-2H3/b15-10+. The molecule has 1 aromatic carbocycles. The molecule has 0 saturated carbocycles. The number of rotatable bonds is 6. The van der Waals surface area contributed by atoms with E-state index >= 15 is 0 Å². The number of nitrogens with one attached hydrogen (secondary N) is 1. The molecule has 2 rings (SSSR count). The molecule has 0 atom stereocenters. The van der Waals surface area contributed by atoms with Crippen LogP contribution in [0.5, 0.6) is 5.75 Å². The summed E-state index contributed by atoms with van der Waals surface area (Å²) in [6.45, 7) is 3.80. The Morgan fingerprint density at radius 3 is 2.52 bits per heavy atom. The van der Waals surface area contributed by atoms with E-state index < -0.39 is 10.0 Å². The van der Waals surface area contributed by atoms with Crippen molar-refractivity contribution < 1.29 is 17.6 Å². The molecule has 0 fully saturated rings. The van der Waals surface area contributed by atoms with Crippen LogP contribution >= 0.6 is 0 Å². The van der Waals surface area contributed by atoms with Crippen LogP contribution < -0.4 is 9.57 Å². The van der Waals surface area contributed by atoms with E-state index in [1.54, 1.807) is 24.3 Å². The van der Waals surface area contributed by atoms with Gasteiger partial charge in [0, 0.05) is 0 Å². The Balaban J connectivity index is 2.05. The highest BCUT2D eigenvalue weighted by atomic mass is 32.2. The predicted octanol–water partition coefficient (Wildman–Crippen LogP) is 2.38. The molecule has 0 aliphatic rings. The molecule has 21 heavy (non-hydrogen) atoms. The minimum Gasteiger partial charge on any atom is -0.491 e. The van der Waals surface area contributed by atoms with Crippen LogP contribution in [-0.2, 0) is 10.0 Å². The van der Waals surface area contributed by atoms with E-state index in [2.05, 4.69) is 9.93 Å². The molecule has 1 N–H and O–H groups in total. The van der Waals surface area contributed by atoms with Crippen molar-refractivity contribution in [2.45, 2.75) is 24.8 Å². The molecular formula is C14H16N2O4S. The SMILES string of the molecule is CC(C)Oc1ccc(S(=O)(=O)N/N=C/c2ccco2)cc1. The first-order chi connectivity index (χ1) is 9.97. The molecule has 0 amide bonds. The van der Waals surface area contributed by atoms with Crippen molar-refractivity contribution in [3.63, 3.8) is 0 Å². The van der Waals surface area contributed by atoms with E-state index in [0.717, 1.165) is 0 Å². The summed E-state index contributed by atoms with van der Waals surface area (Å²) in [4.78, 5) is 2.22. The second-order valence-electron chi connectivity index (χ2n) is 4.51. The van der Waals surface area contributed by atoms with E-state index in [9.17, 15) is 8.42 Å². The Bertz CT molecular complexity index is 689. The van der Waals surface area contributed by atoms with Gasteiger partial charge in [0.1, 0.15) is 11.5 Å². The quantitative estimate of drug-likeness (QED) is 0.656. The van der Waals surface area contributed by atoms with Crippen molar-refractivity contribution in [1.29, 1.82) is 0 Å². The average molecular weight is 308 g/mol. The van der Waals surface area contributed by atoms with Crippen LogP contribution in [0.25, 0.3) is 0 Å². The zero-order valence-corrected chi connectivity index (χ0v) is 12.5. The van der Waals surface area contributed by atoms with Gasteiger partial charge in [-0.3, -0.25) is 0 Å². The molecule has 0 aliphatic heterocycles. The van der Waals surface area contributed by atoms with E-state index in [0.29, 0.717) is 11.5 Å². The van der Waals surface area contributed by atoms with Gasteiger partial charge in [-0.2, -0.15) is 18.4 Å². The molecule has 112 valence electrons. The number of hydrazone groups is 1. The first-order valence-electron chi connectivity index (χ1n) is 6.32. The van der Waals surface area contributed by atoms with E-state index in [4.69, 9.17) is 9.15 Å². The molecule has 0 aliphatic carbocycles. The number of benzene rings is 1. The van der Waals surface area contributed by atoms with Crippen molar-refractivity contribution in [2.24, 2.45) is 5.10 Å². The summed E-state index contributed by atoms with van der Waals surface area (Å²) in [7, 11) is -3.70. The van der Waals surface area contributed by atoms with E-state index in [-0.39, 0.29) is 11.0 Å². The smallest absolute Gasteiger partial charge is 0.276 e. The van der Waals surface area contributed by atoms with Gasteiger partial charge in [0.25, 0.3) is 10.0 Å². The Hall–Kier alpha value is -2.28. The number of hydrogen-bond acceptors (Lipinski definition) is 5. The lowest BCUT2D eigenvalue weighted by molar-refractivity contribution is 0.242. The molecular weight excluding hydrogens is 292 g/mol. The Morgan fingerprint density at radius 2 is 1.95 bits per heavy atom. The lowest BCUT2D eigenvalue weighted by Crippen LogP contribution is -2.18. The lowest BCUT2D eigenvalue weighted by atomic mass is 10.3. The topological polar surface area (TPSA) is 80.9 Å². The van der Waals surface area contributed by atoms with Gasteiger partial charge in [0.2, 0.25) is 0 Å². The molecule has 1 heterocycles. The van der Waals surface area contributed by atoms with Crippen LogP contribution in [0.1, 0.15) is 19.6 Å². The maximum atomic E-state index is 12.0. The second kappa shape index (κ2) is 6.45. The summed E-state index contributed by atoms with van der Waals surface area (Å²) in [5.41, 5.74) is 0. The van der Waals surface area contributed by atoms with Crippen LogP contribution in [0.2, 0.25) is 0 Å². The van der Waals surface area contributed by atoms with Gasteiger partial charge in [-0.15, -0.1) is 0 Å². The summed E-state index contributed by atoms with van der Waals surface area (Å²) in [6.07, 6.45) is 2.79. The van der Waals surface area contributed by atoms with Crippen molar-refractivity contribution in [3.05, 3.63) is 48.4 Å². The number of furan rings is 1. The molecule has 2 aromatic rings. The first-order valence-corrected chi connectivity index (χ1v) is 7.81. The summed E-state index contributed by atoms with van der Waals surface area (Å²) < 4.78 is 34.5. The second-order valence-corrected chi connectivity index (χ2v) is 6.17. The summed E-state index contributed by atoms with van der Waals surface area (Å²) >= 11 is 0. The van der Waals surface area contributed by atoms with Crippen molar-refractivity contribution in [2.75, 3.05) is 0 Å². The third-order valence-electron chi connectivity index (χ3n) is 2.41. The largest absolute Gasteiger partial charge is 0.491 e. The predicted molar refractivity (Wildman–Crippen MR) is 78.8 cm³/mol. The van der Waals surface area contributed by atoms with Crippen LogP contribution in [0.4, 0.5) is 0 Å². The van der Waals surface area contributed by atoms with Gasteiger partial charge in [0.05, 0.1) is 23.5 Å². The van der Waals surface area contributed by atoms with Crippen molar-refractivity contribution in [3.8, 4) is 5.75 Å². The highest BCUT2D eigenvalue weighted by molar-refractivity contribution is 7.89. The molecule has 0 saturated heterocycles. The van der Waals surface area contributed by atoms with Gasteiger partial charge >= 0.3 is 0 Å². The maximum absolute atomic E-state index is 12.0. The third-order valence-corrected chi connectivity index (χ3v) is 3.65. The molecule has 1 aromatic heterocycles. The average Bonchev–Trinajstić information content (AvgIpc) is 2.91. The van der Waals surface area contributed by atoms with Crippen LogP contribution in [0.3, 0.4) is 0 Å². The van der Waals surface area contributed by atoms with Gasteiger partial charge in [-0.25, -0.2) is 0 Å². The van der Waals surface area contributed by atoms with Gasteiger partial charge in [-0.05, 0) is 50.2 Å². The highest BCUT2D eigenvalue weighted by Crippen LogP contribution is 2.16. The Kier molecular flexibility index (Phi) is 4.64. The molecule has 0 spiro atoms. The summed E-state index contributed by atoms with van der Waals surface area (Å²) in [5.74, 6) is 1.07. The fourth-order valence-electron chi connectivity index (χ4n) is 1.55. The first kappa shape index (κ1) is 15.1. The van der Waals surface area contributed by atoms with Crippen molar-refractivity contribution >= 4 is 16.2 Å². The van der Waals surface area contributed by atoms with Crippen LogP contribution in [-0.4, -0.2) is 20.7 Å². The van der Waals surface area contributed by atoms with Gasteiger partial charge in [-0.1, -0.05) is 0 Å². The maximum Gasteiger partial charge on any atom is 0.276 e. The molecule has 0 unspecified atom stereocenters. The highest BCUT2D eigenvalue weighted by Gasteiger charge is 2.12. The fourth-order valence-corrected chi connectivity index (χ4v) is 2.34. The van der Waals surface area contributed by atoms with Gasteiger partial charge < -0.3 is 9.15 Å². The third kappa shape index (κ3) is 4.35. The van der Waals surface area contributed by atoms with E-state index in [1.165, 1.54) is 24.6 Å². The molecule has 7 heteroatoms. The minimum absolute atomic E-state index is 0.0310.